The number of hydrogen-bond acceptors (Lipinski definition) is 5. The van der Waals surface area contributed by atoms with Gasteiger partial charge in [0.15, 0.2) is 5.65 Å². The van der Waals surface area contributed by atoms with Crippen molar-refractivity contribution in [3.8, 4) is 11.4 Å². The Kier molecular flexibility index (Phi) is 6.43. The Morgan fingerprint density at radius 2 is 1.97 bits per heavy atom. The quantitative estimate of drug-likeness (QED) is 0.374. The zero-order valence-electron chi connectivity index (χ0n) is 18.7. The van der Waals surface area contributed by atoms with E-state index in [0.717, 1.165) is 25.9 Å². The SMILES string of the molecule is C[C@H](Nc1ncc2nc(-c3c(F)cccc3Cl)n(C[C@@H]3CCCNC3)c2n1)c1ccccc1F. The fourth-order valence-electron chi connectivity index (χ4n) is 4.50. The van der Waals surface area contributed by atoms with E-state index in [-0.39, 0.29) is 22.4 Å². The van der Waals surface area contributed by atoms with Crippen LogP contribution in [0.15, 0.2) is 48.7 Å². The smallest absolute Gasteiger partial charge is 0.225 e. The standard InChI is InChI=1S/C25H25ClF2N6/c1-15(17-7-2-3-9-19(17)27)31-25-30-13-21-23(33-25)34(14-16-6-5-11-29-12-16)24(32-21)22-18(26)8-4-10-20(22)28/h2-4,7-10,13,15-16,29H,5-6,11-12,14H2,1H3,(H,30,31,33)/t15-,16+/m0/s1. The normalized spacial score (nSPS) is 17.1. The second kappa shape index (κ2) is 9.64. The predicted octanol–water partition coefficient (Wildman–Crippen LogP) is 5.60. The predicted molar refractivity (Wildman–Crippen MR) is 130 cm³/mol. The highest BCUT2D eigenvalue weighted by Gasteiger charge is 2.24. The minimum atomic E-state index is -0.440. The molecule has 3 heterocycles. The largest absolute Gasteiger partial charge is 0.348 e. The summed E-state index contributed by atoms with van der Waals surface area (Å²) in [6.45, 7) is 4.33. The Bertz CT molecular complexity index is 1300. The van der Waals surface area contributed by atoms with Gasteiger partial charge in [0.1, 0.15) is 23.0 Å². The maximum absolute atomic E-state index is 14.9. The second-order valence-corrected chi connectivity index (χ2v) is 9.05. The molecule has 34 heavy (non-hydrogen) atoms. The van der Waals surface area contributed by atoms with Gasteiger partial charge in [0, 0.05) is 12.1 Å². The maximum atomic E-state index is 14.9. The maximum Gasteiger partial charge on any atom is 0.225 e. The Labute approximate surface area is 201 Å². The highest BCUT2D eigenvalue weighted by Crippen LogP contribution is 2.33. The molecule has 6 nitrogen and oxygen atoms in total. The van der Waals surface area contributed by atoms with Crippen molar-refractivity contribution in [2.24, 2.45) is 5.92 Å². The van der Waals surface area contributed by atoms with Crippen molar-refractivity contribution in [1.82, 2.24) is 24.8 Å². The summed E-state index contributed by atoms with van der Waals surface area (Å²) in [5.41, 5.74) is 1.90. The fourth-order valence-corrected chi connectivity index (χ4v) is 4.75. The molecule has 1 saturated heterocycles. The van der Waals surface area contributed by atoms with Gasteiger partial charge in [-0.1, -0.05) is 35.9 Å². The molecule has 0 unspecified atom stereocenters. The lowest BCUT2D eigenvalue weighted by Gasteiger charge is -2.24. The molecule has 2 atom stereocenters. The van der Waals surface area contributed by atoms with Gasteiger partial charge in [-0.3, -0.25) is 0 Å². The first kappa shape index (κ1) is 22.7. The summed E-state index contributed by atoms with van der Waals surface area (Å²) in [6.07, 6.45) is 3.74. The zero-order valence-corrected chi connectivity index (χ0v) is 19.5. The van der Waals surface area contributed by atoms with E-state index in [1.165, 1.54) is 12.1 Å². The first-order chi connectivity index (χ1) is 16.5. The molecule has 0 amide bonds. The lowest BCUT2D eigenvalue weighted by Crippen LogP contribution is -2.32. The van der Waals surface area contributed by atoms with Crippen LogP contribution in [-0.2, 0) is 6.54 Å². The second-order valence-electron chi connectivity index (χ2n) is 8.65. The molecule has 1 aliphatic heterocycles. The number of fused-ring (bicyclic) bond motifs is 1. The molecule has 0 bridgehead atoms. The Balaban J connectivity index is 1.57. The van der Waals surface area contributed by atoms with E-state index in [0.29, 0.717) is 41.0 Å². The summed E-state index contributed by atoms with van der Waals surface area (Å²) in [5.74, 6) is 0.383. The average molecular weight is 483 g/mol. The van der Waals surface area contributed by atoms with E-state index in [2.05, 4.69) is 20.6 Å². The molecule has 0 spiro atoms. The van der Waals surface area contributed by atoms with E-state index >= 15 is 0 Å². The number of nitrogens with one attached hydrogen (secondary N) is 2. The van der Waals surface area contributed by atoms with Gasteiger partial charge in [0.05, 0.1) is 22.8 Å². The first-order valence-corrected chi connectivity index (χ1v) is 11.8. The van der Waals surface area contributed by atoms with Crippen molar-refractivity contribution in [3.63, 3.8) is 0 Å². The van der Waals surface area contributed by atoms with Gasteiger partial charge in [0.25, 0.3) is 0 Å². The number of benzene rings is 2. The Hall–Kier alpha value is -3.10. The number of rotatable bonds is 6. The average Bonchev–Trinajstić information content (AvgIpc) is 3.17. The van der Waals surface area contributed by atoms with Gasteiger partial charge >= 0.3 is 0 Å². The first-order valence-electron chi connectivity index (χ1n) is 11.4. The minimum absolute atomic E-state index is 0.250. The molecule has 0 aliphatic carbocycles. The summed E-state index contributed by atoms with van der Waals surface area (Å²) in [5, 5.41) is 6.89. The summed E-state index contributed by atoms with van der Waals surface area (Å²) < 4.78 is 31.0. The minimum Gasteiger partial charge on any atom is -0.348 e. The molecule has 0 saturated carbocycles. The van der Waals surface area contributed by atoms with Gasteiger partial charge in [-0.25, -0.2) is 18.7 Å². The molecule has 4 aromatic rings. The molecule has 2 aromatic carbocycles. The Morgan fingerprint density at radius 1 is 1.15 bits per heavy atom. The number of imidazole rings is 1. The van der Waals surface area contributed by atoms with Gasteiger partial charge in [0.2, 0.25) is 5.95 Å². The van der Waals surface area contributed by atoms with Crippen molar-refractivity contribution in [2.75, 3.05) is 18.4 Å². The van der Waals surface area contributed by atoms with Gasteiger partial charge in [-0.2, -0.15) is 4.98 Å². The van der Waals surface area contributed by atoms with Crippen molar-refractivity contribution in [3.05, 3.63) is 70.9 Å². The molecule has 1 fully saturated rings. The van der Waals surface area contributed by atoms with Crippen LogP contribution in [0.1, 0.15) is 31.4 Å². The van der Waals surface area contributed by atoms with Crippen LogP contribution in [0.25, 0.3) is 22.6 Å². The number of piperidine rings is 1. The number of hydrogen-bond donors (Lipinski definition) is 2. The van der Waals surface area contributed by atoms with Crippen LogP contribution in [0.5, 0.6) is 0 Å². The van der Waals surface area contributed by atoms with Gasteiger partial charge < -0.3 is 15.2 Å². The summed E-state index contributed by atoms with van der Waals surface area (Å²) >= 11 is 6.40. The molecular weight excluding hydrogens is 458 g/mol. The molecule has 1 aliphatic rings. The van der Waals surface area contributed by atoms with E-state index in [1.807, 2.05) is 11.5 Å². The molecule has 5 rings (SSSR count). The zero-order chi connectivity index (χ0) is 23.7. The molecule has 176 valence electrons. The lowest BCUT2D eigenvalue weighted by atomic mass is 9.99. The van der Waals surface area contributed by atoms with Crippen LogP contribution in [0.2, 0.25) is 5.02 Å². The van der Waals surface area contributed by atoms with Crippen molar-refractivity contribution in [2.45, 2.75) is 32.4 Å². The van der Waals surface area contributed by atoms with Crippen LogP contribution < -0.4 is 10.6 Å². The summed E-state index contributed by atoms with van der Waals surface area (Å²) in [6, 6.07) is 10.9. The third-order valence-corrected chi connectivity index (χ3v) is 6.55. The van der Waals surface area contributed by atoms with Crippen molar-refractivity contribution in [1.29, 1.82) is 0 Å². The number of aromatic nitrogens is 4. The van der Waals surface area contributed by atoms with Crippen molar-refractivity contribution < 1.29 is 8.78 Å². The van der Waals surface area contributed by atoms with E-state index < -0.39 is 5.82 Å². The number of halogens is 3. The van der Waals surface area contributed by atoms with Crippen LogP contribution >= 0.6 is 11.6 Å². The third kappa shape index (κ3) is 4.48. The van der Waals surface area contributed by atoms with Crippen molar-refractivity contribution >= 4 is 28.7 Å². The van der Waals surface area contributed by atoms with E-state index in [4.69, 9.17) is 16.6 Å². The molecule has 2 N–H and O–H groups in total. The van der Waals surface area contributed by atoms with E-state index in [1.54, 1.807) is 36.5 Å². The highest BCUT2D eigenvalue weighted by molar-refractivity contribution is 6.33. The monoisotopic (exact) mass is 482 g/mol. The van der Waals surface area contributed by atoms with Crippen LogP contribution in [-0.4, -0.2) is 32.6 Å². The van der Waals surface area contributed by atoms with Gasteiger partial charge in [-0.15, -0.1) is 0 Å². The van der Waals surface area contributed by atoms with Crippen LogP contribution in [0.3, 0.4) is 0 Å². The Morgan fingerprint density at radius 3 is 2.74 bits per heavy atom. The summed E-state index contributed by atoms with van der Waals surface area (Å²) in [4.78, 5) is 13.8. The topological polar surface area (TPSA) is 67.7 Å². The fraction of sp³-hybridized carbons (Fsp3) is 0.320. The third-order valence-electron chi connectivity index (χ3n) is 6.23. The molecule has 2 aromatic heterocycles. The molecule has 9 heteroatoms. The molecule has 0 radical (unpaired) electrons. The number of anilines is 1. The van der Waals surface area contributed by atoms with Gasteiger partial charge in [-0.05, 0) is 57.0 Å². The lowest BCUT2D eigenvalue weighted by molar-refractivity contribution is 0.341. The summed E-state index contributed by atoms with van der Waals surface area (Å²) in [7, 11) is 0. The molecular formula is C25H25ClF2N6. The van der Waals surface area contributed by atoms with Crippen LogP contribution in [0.4, 0.5) is 14.7 Å². The van der Waals surface area contributed by atoms with Crippen LogP contribution in [0, 0.1) is 17.6 Å². The number of nitrogens with zero attached hydrogens (tertiary/aromatic N) is 4. The highest BCUT2D eigenvalue weighted by atomic mass is 35.5. The van der Waals surface area contributed by atoms with E-state index in [9.17, 15) is 8.78 Å².